The molecule has 11 nitrogen and oxygen atoms in total. The number of carbonyl (C=O) groups excluding carboxylic acids is 2. The maximum absolute atomic E-state index is 15.7. The molecule has 2 amide bonds. The summed E-state index contributed by atoms with van der Waals surface area (Å²) in [5.74, 6) is -3.33. The number of fused-ring (bicyclic) bond motifs is 2. The maximum Gasteiger partial charge on any atom is 0.261 e. The largest absolute Gasteiger partial charge is 0.372 e. The van der Waals surface area contributed by atoms with Crippen molar-refractivity contribution in [3.05, 3.63) is 59.2 Å². The third-order valence-electron chi connectivity index (χ3n) is 12.9. The summed E-state index contributed by atoms with van der Waals surface area (Å²) in [4.78, 5) is 46.2. The molecule has 1 saturated heterocycles. The first-order valence-electron chi connectivity index (χ1n) is 19.4. The van der Waals surface area contributed by atoms with Crippen LogP contribution in [0.15, 0.2) is 30.7 Å². The van der Waals surface area contributed by atoms with E-state index in [2.05, 4.69) is 27.4 Å². The molecule has 4 fully saturated rings. The Labute approximate surface area is 322 Å². The fraction of sp³-hybridized carbons (Fsp3) is 0.537. The van der Waals surface area contributed by atoms with E-state index in [1.165, 1.54) is 6.92 Å². The summed E-state index contributed by atoms with van der Waals surface area (Å²) >= 11 is 0. The Hall–Kier alpha value is -4.63. The lowest BCUT2D eigenvalue weighted by atomic mass is 9.71. The Morgan fingerprint density at radius 3 is 2.41 bits per heavy atom. The van der Waals surface area contributed by atoms with Gasteiger partial charge in [0.2, 0.25) is 5.91 Å². The maximum atomic E-state index is 15.7. The van der Waals surface area contributed by atoms with Crippen LogP contribution in [0.5, 0.6) is 0 Å². The van der Waals surface area contributed by atoms with Crippen LogP contribution in [0.25, 0.3) is 22.3 Å². The van der Waals surface area contributed by atoms with E-state index in [9.17, 15) is 18.4 Å². The van der Waals surface area contributed by atoms with Gasteiger partial charge in [-0.1, -0.05) is 0 Å². The smallest absolute Gasteiger partial charge is 0.261 e. The van der Waals surface area contributed by atoms with Gasteiger partial charge in [-0.05, 0) is 98.3 Å². The van der Waals surface area contributed by atoms with Crippen molar-refractivity contribution in [1.82, 2.24) is 29.7 Å². The SMILES string of the molecule is Cc1c(C(=O)NC2(C(F)F)CC2)cc(Nc2nc(-c3cnc4c(c3)N(C3CC(C)(N5CCOC6(CC6)C5)C3)C(=O)C4(C)C)cc3ncn(C(C)C)c23)c(F)c1F. The first-order chi connectivity index (χ1) is 26.5. The number of carbonyl (C=O) groups is 2. The third-order valence-corrected chi connectivity index (χ3v) is 12.9. The normalized spacial score (nSPS) is 24.5. The number of amides is 2. The van der Waals surface area contributed by atoms with E-state index in [-0.39, 0.29) is 58.9 Å². The van der Waals surface area contributed by atoms with Crippen LogP contribution in [0.2, 0.25) is 0 Å². The van der Waals surface area contributed by atoms with E-state index in [0.29, 0.717) is 33.7 Å². The van der Waals surface area contributed by atoms with Crippen LogP contribution < -0.4 is 15.5 Å². The molecule has 1 spiro atoms. The summed E-state index contributed by atoms with van der Waals surface area (Å²) in [5.41, 5.74) is -0.119. The highest BCUT2D eigenvalue weighted by atomic mass is 19.3. The standard InChI is InChI=1S/C41H46F4N8O3/c1-21(2)52-20-47-28-15-26(48-34(32(28)52)49-27-14-25(22(3)30(42)31(27)43)35(54)50-41(9-10-41)36(44)45)23-13-29-33(46-18-23)38(4,5)37(55)53(29)24-16-39(6,17-24)51-11-12-56-40(19-51)7-8-40/h13-15,18,20-21,24,36H,7-12,16-17,19H2,1-6H3,(H,48,49)(H,50,54). The lowest BCUT2D eigenvalue weighted by Gasteiger charge is -2.56. The minimum Gasteiger partial charge on any atom is -0.372 e. The summed E-state index contributed by atoms with van der Waals surface area (Å²) in [7, 11) is 0. The van der Waals surface area contributed by atoms with Crippen LogP contribution in [0, 0.1) is 18.6 Å². The van der Waals surface area contributed by atoms with Crippen molar-refractivity contribution in [2.75, 3.05) is 29.9 Å². The molecule has 0 bridgehead atoms. The molecule has 5 heterocycles. The number of anilines is 3. The van der Waals surface area contributed by atoms with Gasteiger partial charge in [-0.3, -0.25) is 19.5 Å². The summed E-state index contributed by atoms with van der Waals surface area (Å²) in [6.45, 7) is 13.7. The fourth-order valence-electron chi connectivity index (χ4n) is 8.96. The molecule has 1 aromatic carbocycles. The average Bonchev–Trinajstić information content (AvgIpc) is 4.04. The van der Waals surface area contributed by atoms with Crippen LogP contribution in [0.4, 0.5) is 34.8 Å². The van der Waals surface area contributed by atoms with Crippen molar-refractivity contribution in [3.63, 3.8) is 0 Å². The second-order valence-electron chi connectivity index (χ2n) is 17.6. The number of hydrogen-bond acceptors (Lipinski definition) is 8. The molecule has 9 rings (SSSR count). The zero-order valence-electron chi connectivity index (χ0n) is 32.4. The van der Waals surface area contributed by atoms with Crippen LogP contribution in [-0.2, 0) is 14.9 Å². The molecule has 5 aliphatic rings. The Balaban J connectivity index is 1.07. The van der Waals surface area contributed by atoms with Gasteiger partial charge in [-0.15, -0.1) is 0 Å². The van der Waals surface area contributed by atoms with E-state index in [1.54, 1.807) is 18.6 Å². The lowest BCUT2D eigenvalue weighted by molar-refractivity contribution is -0.126. The van der Waals surface area contributed by atoms with Crippen LogP contribution in [-0.4, -0.2) is 85.1 Å². The number of nitrogens with one attached hydrogen (secondary N) is 2. The van der Waals surface area contributed by atoms with Crippen LogP contribution >= 0.6 is 0 Å². The van der Waals surface area contributed by atoms with Gasteiger partial charge in [0.05, 0.1) is 52.2 Å². The summed E-state index contributed by atoms with van der Waals surface area (Å²) in [6.07, 6.45) is 4.51. The zero-order valence-corrected chi connectivity index (χ0v) is 32.4. The molecule has 2 N–H and O–H groups in total. The number of nitrogens with zero attached hydrogens (tertiary/aromatic N) is 6. The Bertz CT molecular complexity index is 2310. The first-order valence-corrected chi connectivity index (χ1v) is 19.4. The number of rotatable bonds is 9. The number of halogens is 4. The molecule has 4 aromatic rings. The molecule has 296 valence electrons. The predicted octanol–water partition coefficient (Wildman–Crippen LogP) is 7.34. The monoisotopic (exact) mass is 774 g/mol. The van der Waals surface area contributed by atoms with Gasteiger partial charge in [0.15, 0.2) is 17.5 Å². The molecule has 3 saturated carbocycles. The number of ether oxygens (including phenoxy) is 1. The molecule has 3 aromatic heterocycles. The highest BCUT2D eigenvalue weighted by molar-refractivity contribution is 6.08. The highest BCUT2D eigenvalue weighted by Gasteiger charge is 2.58. The first kappa shape index (κ1) is 37.0. The molecule has 0 atom stereocenters. The van der Waals surface area contributed by atoms with Crippen LogP contribution in [0.1, 0.15) is 101 Å². The van der Waals surface area contributed by atoms with Gasteiger partial charge in [-0.25, -0.2) is 27.5 Å². The lowest BCUT2D eigenvalue weighted by Crippen LogP contribution is -2.66. The minimum absolute atomic E-state index is 0.00228. The van der Waals surface area contributed by atoms with Gasteiger partial charge in [-0.2, -0.15) is 0 Å². The molecular formula is C41H46F4N8O3. The number of pyridine rings is 2. The number of benzene rings is 1. The summed E-state index contributed by atoms with van der Waals surface area (Å²) < 4.78 is 66.5. The van der Waals surface area contributed by atoms with Crippen LogP contribution in [0.3, 0.4) is 0 Å². The van der Waals surface area contributed by atoms with E-state index >= 15 is 8.78 Å². The van der Waals surface area contributed by atoms with Gasteiger partial charge in [0, 0.05) is 53.6 Å². The Kier molecular flexibility index (Phi) is 8.21. The second-order valence-corrected chi connectivity index (χ2v) is 17.6. The minimum atomic E-state index is -2.80. The second kappa shape index (κ2) is 12.4. The number of aromatic nitrogens is 4. The van der Waals surface area contributed by atoms with E-state index in [1.807, 2.05) is 43.2 Å². The van der Waals surface area contributed by atoms with E-state index in [4.69, 9.17) is 14.7 Å². The van der Waals surface area contributed by atoms with E-state index < -0.39 is 40.6 Å². The van der Waals surface area contributed by atoms with E-state index in [0.717, 1.165) is 51.4 Å². The molecule has 2 aliphatic heterocycles. The van der Waals surface area contributed by atoms with Crippen molar-refractivity contribution < 1.29 is 31.9 Å². The zero-order chi connectivity index (χ0) is 39.7. The molecule has 0 radical (unpaired) electrons. The number of morpholine rings is 1. The summed E-state index contributed by atoms with van der Waals surface area (Å²) in [6, 6.07) is 4.71. The molecule has 3 aliphatic carbocycles. The molecule has 15 heteroatoms. The van der Waals surface area contributed by atoms with Crippen molar-refractivity contribution in [3.8, 4) is 11.3 Å². The Morgan fingerprint density at radius 2 is 1.75 bits per heavy atom. The number of imidazole rings is 1. The van der Waals surface area contributed by atoms with Crippen molar-refractivity contribution in [2.24, 2.45) is 0 Å². The number of alkyl halides is 2. The van der Waals surface area contributed by atoms with Gasteiger partial charge in [0.25, 0.3) is 12.3 Å². The van der Waals surface area contributed by atoms with Crippen molar-refractivity contribution >= 4 is 40.0 Å². The van der Waals surface area contributed by atoms with Gasteiger partial charge >= 0.3 is 0 Å². The summed E-state index contributed by atoms with van der Waals surface area (Å²) in [5, 5.41) is 5.27. The van der Waals surface area contributed by atoms with Crippen molar-refractivity contribution in [2.45, 2.75) is 121 Å². The Morgan fingerprint density at radius 1 is 1.02 bits per heavy atom. The third kappa shape index (κ3) is 5.70. The quantitative estimate of drug-likeness (QED) is 0.170. The highest BCUT2D eigenvalue weighted by Crippen LogP contribution is 2.52. The number of hydrogen-bond donors (Lipinski definition) is 2. The molecular weight excluding hydrogens is 728 g/mol. The van der Waals surface area contributed by atoms with Gasteiger partial charge in [0.1, 0.15) is 11.1 Å². The van der Waals surface area contributed by atoms with Gasteiger partial charge < -0.3 is 24.8 Å². The molecule has 0 unspecified atom stereocenters. The van der Waals surface area contributed by atoms with Crippen molar-refractivity contribution in [1.29, 1.82) is 0 Å². The average molecular weight is 775 g/mol. The molecule has 56 heavy (non-hydrogen) atoms. The predicted molar refractivity (Wildman–Crippen MR) is 202 cm³/mol. The fourth-order valence-corrected chi connectivity index (χ4v) is 8.96. The topological polar surface area (TPSA) is 118 Å².